The van der Waals surface area contributed by atoms with Gasteiger partial charge in [0.1, 0.15) is 0 Å². The molecule has 1 heteroatoms. The maximum atomic E-state index is 5.22. The summed E-state index contributed by atoms with van der Waals surface area (Å²) in [6.07, 6.45) is 20.4. The fourth-order valence-electron chi connectivity index (χ4n) is 3.06. The van der Waals surface area contributed by atoms with Crippen LogP contribution in [0.15, 0.2) is 30.3 Å². The van der Waals surface area contributed by atoms with Crippen LogP contribution in [0.1, 0.15) is 116 Å². The molecule has 1 aromatic carbocycles. The van der Waals surface area contributed by atoms with E-state index in [1.54, 1.807) is 0 Å². The predicted molar refractivity (Wildman–Crippen MR) is 118 cm³/mol. The van der Waals surface area contributed by atoms with Crippen molar-refractivity contribution in [3.8, 4) is 0 Å². The maximum Gasteiger partial charge on any atom is 0.0716 e. The van der Waals surface area contributed by atoms with Crippen molar-refractivity contribution < 1.29 is 4.74 Å². The Balaban J connectivity index is 0.000000531. The first-order valence-electron chi connectivity index (χ1n) is 11.5. The summed E-state index contributed by atoms with van der Waals surface area (Å²) in [7, 11) is 0. The number of ether oxygens (including phenoxy) is 1. The normalized spacial score (nSPS) is 10.4. The van der Waals surface area contributed by atoms with E-state index in [1.807, 2.05) is 25.1 Å². The Morgan fingerprint density at radius 1 is 0.538 bits per heavy atom. The average Bonchev–Trinajstić information content (AvgIpc) is 2.68. The largest absolute Gasteiger partial charge is 0.377 e. The lowest BCUT2D eigenvalue weighted by Gasteiger charge is -2.02. The summed E-state index contributed by atoms with van der Waals surface area (Å²) in [5.74, 6) is 0. The summed E-state index contributed by atoms with van der Waals surface area (Å²) in [6, 6.07) is 10.2. The van der Waals surface area contributed by atoms with Crippen molar-refractivity contribution in [1.29, 1.82) is 0 Å². The number of hydrogen-bond acceptors (Lipinski definition) is 1. The van der Waals surface area contributed by atoms with E-state index in [2.05, 4.69) is 26.0 Å². The third-order valence-corrected chi connectivity index (χ3v) is 4.77. The third-order valence-electron chi connectivity index (χ3n) is 4.77. The van der Waals surface area contributed by atoms with E-state index < -0.39 is 0 Å². The number of rotatable bonds is 16. The van der Waals surface area contributed by atoms with Crippen molar-refractivity contribution in [1.82, 2.24) is 0 Å². The second-order valence-electron chi connectivity index (χ2n) is 7.37. The average molecular weight is 363 g/mol. The number of hydrogen-bond donors (Lipinski definition) is 0. The quantitative estimate of drug-likeness (QED) is 0.267. The Kier molecular flexibility index (Phi) is 21.5. The zero-order chi connectivity index (χ0) is 19.1. The van der Waals surface area contributed by atoms with Gasteiger partial charge in [-0.15, -0.1) is 0 Å². The Labute approximate surface area is 164 Å². The van der Waals surface area contributed by atoms with E-state index in [0.29, 0.717) is 0 Å². The molecule has 0 unspecified atom stereocenters. The van der Waals surface area contributed by atoms with Gasteiger partial charge < -0.3 is 4.74 Å². The molecule has 0 radical (unpaired) electrons. The highest BCUT2D eigenvalue weighted by atomic mass is 16.5. The van der Waals surface area contributed by atoms with Crippen molar-refractivity contribution in [2.45, 2.75) is 117 Å². The predicted octanol–water partition coefficient (Wildman–Crippen LogP) is 8.71. The van der Waals surface area contributed by atoms with E-state index in [1.165, 1.54) is 95.5 Å². The van der Waals surface area contributed by atoms with Gasteiger partial charge >= 0.3 is 0 Å². The first kappa shape index (κ1) is 25.2. The van der Waals surface area contributed by atoms with Gasteiger partial charge in [-0.2, -0.15) is 0 Å². The van der Waals surface area contributed by atoms with Crippen LogP contribution < -0.4 is 0 Å². The Hall–Kier alpha value is -0.820. The topological polar surface area (TPSA) is 9.23 Å². The Morgan fingerprint density at radius 3 is 1.27 bits per heavy atom. The molecule has 0 atom stereocenters. The molecule has 0 aliphatic rings. The van der Waals surface area contributed by atoms with Gasteiger partial charge in [0.05, 0.1) is 6.61 Å². The standard InChI is InChI=1S/C16H34.C9H12O/c1-3-5-7-9-11-13-15-16-14-12-10-8-6-4-2;1-2-10-8-9-6-4-3-5-7-9/h3-16H2,1-2H3;3-7H,2,8H2,1H3. The van der Waals surface area contributed by atoms with Crippen LogP contribution in [0.5, 0.6) is 0 Å². The van der Waals surface area contributed by atoms with Crippen LogP contribution in [0.2, 0.25) is 0 Å². The summed E-state index contributed by atoms with van der Waals surface area (Å²) in [6.45, 7) is 8.10. The molecule has 0 spiro atoms. The summed E-state index contributed by atoms with van der Waals surface area (Å²) >= 11 is 0. The minimum absolute atomic E-state index is 0.733. The second-order valence-corrected chi connectivity index (χ2v) is 7.37. The molecule has 1 rings (SSSR count). The summed E-state index contributed by atoms with van der Waals surface area (Å²) < 4.78 is 5.22. The SMILES string of the molecule is CCCCCCCCCCCCCCCC.CCOCc1ccccc1. The van der Waals surface area contributed by atoms with Gasteiger partial charge in [0.15, 0.2) is 0 Å². The summed E-state index contributed by atoms with van der Waals surface area (Å²) in [4.78, 5) is 0. The molecular weight excluding hydrogens is 316 g/mol. The molecule has 0 saturated carbocycles. The van der Waals surface area contributed by atoms with Gasteiger partial charge in [-0.25, -0.2) is 0 Å². The lowest BCUT2D eigenvalue weighted by atomic mass is 10.0. The van der Waals surface area contributed by atoms with Crippen LogP contribution in [0, 0.1) is 0 Å². The van der Waals surface area contributed by atoms with E-state index in [9.17, 15) is 0 Å². The van der Waals surface area contributed by atoms with Gasteiger partial charge in [0.2, 0.25) is 0 Å². The van der Waals surface area contributed by atoms with E-state index in [-0.39, 0.29) is 0 Å². The molecule has 1 nitrogen and oxygen atoms in total. The molecule has 0 N–H and O–H groups in total. The van der Waals surface area contributed by atoms with Crippen molar-refractivity contribution >= 4 is 0 Å². The molecule has 0 saturated heterocycles. The zero-order valence-corrected chi connectivity index (χ0v) is 18.1. The number of unbranched alkanes of at least 4 members (excludes halogenated alkanes) is 13. The third kappa shape index (κ3) is 19.5. The fraction of sp³-hybridized carbons (Fsp3) is 0.760. The van der Waals surface area contributed by atoms with E-state index in [0.717, 1.165) is 13.2 Å². The second kappa shape index (κ2) is 22.2. The van der Waals surface area contributed by atoms with Crippen molar-refractivity contribution in [2.75, 3.05) is 6.61 Å². The number of benzene rings is 1. The molecule has 0 aliphatic carbocycles. The van der Waals surface area contributed by atoms with E-state index >= 15 is 0 Å². The van der Waals surface area contributed by atoms with Crippen molar-refractivity contribution in [3.63, 3.8) is 0 Å². The maximum absolute atomic E-state index is 5.22. The molecule has 152 valence electrons. The molecule has 0 aromatic heterocycles. The monoisotopic (exact) mass is 362 g/mol. The first-order valence-corrected chi connectivity index (χ1v) is 11.5. The van der Waals surface area contributed by atoms with Gasteiger partial charge in [-0.1, -0.05) is 134 Å². The van der Waals surface area contributed by atoms with Gasteiger partial charge in [-0.3, -0.25) is 0 Å². The van der Waals surface area contributed by atoms with Gasteiger partial charge in [0, 0.05) is 6.61 Å². The van der Waals surface area contributed by atoms with Crippen LogP contribution in [0.25, 0.3) is 0 Å². The molecule has 0 heterocycles. The van der Waals surface area contributed by atoms with Crippen LogP contribution in [0.4, 0.5) is 0 Å². The highest BCUT2D eigenvalue weighted by molar-refractivity contribution is 5.13. The van der Waals surface area contributed by atoms with Crippen LogP contribution in [-0.2, 0) is 11.3 Å². The highest BCUT2D eigenvalue weighted by Gasteiger charge is 1.93. The molecule has 0 fully saturated rings. The molecule has 0 aliphatic heterocycles. The zero-order valence-electron chi connectivity index (χ0n) is 18.1. The van der Waals surface area contributed by atoms with Crippen LogP contribution in [0.3, 0.4) is 0 Å². The van der Waals surface area contributed by atoms with Gasteiger partial charge in [-0.05, 0) is 12.5 Å². The highest BCUT2D eigenvalue weighted by Crippen LogP contribution is 2.12. The molecule has 0 bridgehead atoms. The molecule has 1 aromatic rings. The van der Waals surface area contributed by atoms with Crippen LogP contribution >= 0.6 is 0 Å². The fourth-order valence-corrected chi connectivity index (χ4v) is 3.06. The lowest BCUT2D eigenvalue weighted by Crippen LogP contribution is -1.90. The first-order chi connectivity index (χ1) is 12.8. The molecular formula is C25H46O. The summed E-state index contributed by atoms with van der Waals surface area (Å²) in [5.41, 5.74) is 1.24. The van der Waals surface area contributed by atoms with Crippen molar-refractivity contribution in [2.24, 2.45) is 0 Å². The molecule has 0 amide bonds. The Morgan fingerprint density at radius 2 is 0.923 bits per heavy atom. The molecule has 26 heavy (non-hydrogen) atoms. The van der Waals surface area contributed by atoms with Crippen molar-refractivity contribution in [3.05, 3.63) is 35.9 Å². The minimum atomic E-state index is 0.733. The van der Waals surface area contributed by atoms with Gasteiger partial charge in [0.25, 0.3) is 0 Å². The Bertz CT molecular complexity index is 332. The van der Waals surface area contributed by atoms with E-state index in [4.69, 9.17) is 4.74 Å². The minimum Gasteiger partial charge on any atom is -0.377 e. The summed E-state index contributed by atoms with van der Waals surface area (Å²) in [5, 5.41) is 0. The van der Waals surface area contributed by atoms with Crippen LogP contribution in [-0.4, -0.2) is 6.61 Å². The smallest absolute Gasteiger partial charge is 0.0716 e. The lowest BCUT2D eigenvalue weighted by molar-refractivity contribution is 0.134.